The summed E-state index contributed by atoms with van der Waals surface area (Å²) in [5.74, 6) is 3.98. The van der Waals surface area contributed by atoms with E-state index in [2.05, 4.69) is 47.1 Å². The maximum atomic E-state index is 6.07. The molecule has 2 aromatic rings. The average molecular weight is 355 g/mol. The number of aliphatic imine (C=N–C) groups is 2. The van der Waals surface area contributed by atoms with E-state index in [1.165, 1.54) is 0 Å². The molecule has 0 saturated heterocycles. The molecular weight excluding hydrogens is 336 g/mol. The lowest BCUT2D eigenvalue weighted by Crippen LogP contribution is -2.16. The number of hydrogen-bond donors (Lipinski definition) is 0. The minimum absolute atomic E-state index is 0.640. The average Bonchev–Trinajstić information content (AvgIpc) is 2.54. The molecule has 0 amide bonds. The van der Waals surface area contributed by atoms with Crippen molar-refractivity contribution in [1.82, 2.24) is 0 Å². The Balaban J connectivity index is 2.30. The van der Waals surface area contributed by atoms with Gasteiger partial charge in [-0.1, -0.05) is 37.2 Å². The molecule has 0 atom stereocenters. The van der Waals surface area contributed by atoms with Gasteiger partial charge in [0.05, 0.1) is 24.0 Å². The van der Waals surface area contributed by atoms with Gasteiger partial charge in [-0.05, 0) is 42.5 Å². The molecule has 5 heteroatoms. The van der Waals surface area contributed by atoms with Crippen molar-refractivity contribution in [3.8, 4) is 17.2 Å². The normalized spacial score (nSPS) is 10.2. The van der Waals surface area contributed by atoms with E-state index in [0.717, 1.165) is 17.0 Å². The van der Waals surface area contributed by atoms with Crippen molar-refractivity contribution in [2.45, 2.75) is 19.6 Å². The molecule has 0 spiro atoms. The van der Waals surface area contributed by atoms with Gasteiger partial charge >= 0.3 is 0 Å². The first-order chi connectivity index (χ1) is 11.4. The standard InChI is InChI=1S/C19H19ClN2OSi/c1-23-18-8-6-17(7-9-18)21-14-22-19-10-5-16(20)13-15(19)11-12-24(2,3)4/h5-10,13H,1-4H3. The van der Waals surface area contributed by atoms with E-state index in [9.17, 15) is 0 Å². The van der Waals surface area contributed by atoms with Crippen LogP contribution >= 0.6 is 11.6 Å². The quantitative estimate of drug-likeness (QED) is 0.394. The van der Waals surface area contributed by atoms with E-state index in [0.29, 0.717) is 10.7 Å². The van der Waals surface area contributed by atoms with Gasteiger partial charge in [-0.15, -0.1) is 5.54 Å². The Labute approximate surface area is 149 Å². The summed E-state index contributed by atoms with van der Waals surface area (Å²) < 4.78 is 5.11. The first-order valence-corrected chi connectivity index (χ1v) is 11.4. The molecule has 0 N–H and O–H groups in total. The molecular formula is C19H19ClN2OSi. The zero-order valence-corrected chi connectivity index (χ0v) is 16.0. The maximum absolute atomic E-state index is 6.07. The van der Waals surface area contributed by atoms with Gasteiger partial charge in [0.15, 0.2) is 0 Å². The molecule has 0 fully saturated rings. The smallest absolute Gasteiger partial charge is 0.129 e. The molecule has 0 aliphatic carbocycles. The van der Waals surface area contributed by atoms with E-state index in [1.807, 2.05) is 36.4 Å². The third kappa shape index (κ3) is 5.71. The van der Waals surface area contributed by atoms with Gasteiger partial charge in [0, 0.05) is 5.02 Å². The molecule has 122 valence electrons. The second-order valence-electron chi connectivity index (χ2n) is 6.18. The fourth-order valence-corrected chi connectivity index (χ4v) is 2.44. The van der Waals surface area contributed by atoms with Crippen LogP contribution in [0.1, 0.15) is 5.56 Å². The number of rotatable bonds is 3. The van der Waals surface area contributed by atoms with Gasteiger partial charge in [-0.25, -0.2) is 0 Å². The molecule has 0 saturated carbocycles. The van der Waals surface area contributed by atoms with E-state index in [4.69, 9.17) is 16.3 Å². The van der Waals surface area contributed by atoms with E-state index in [-0.39, 0.29) is 0 Å². The topological polar surface area (TPSA) is 34.0 Å². The van der Waals surface area contributed by atoms with Crippen LogP contribution in [0.25, 0.3) is 0 Å². The highest BCUT2D eigenvalue weighted by atomic mass is 35.5. The number of ether oxygens (including phenoxy) is 1. The van der Waals surface area contributed by atoms with Crippen LogP contribution in [-0.4, -0.2) is 21.2 Å². The van der Waals surface area contributed by atoms with Crippen LogP contribution in [-0.2, 0) is 0 Å². The Morgan fingerprint density at radius 2 is 1.71 bits per heavy atom. The predicted octanol–water partition coefficient (Wildman–Crippen LogP) is 5.71. The second kappa shape index (κ2) is 7.99. The maximum Gasteiger partial charge on any atom is 0.129 e. The Bertz CT molecular complexity index is 836. The number of hydrogen-bond acceptors (Lipinski definition) is 3. The zero-order chi connectivity index (χ0) is 17.6. The second-order valence-corrected chi connectivity index (χ2v) is 11.4. The third-order valence-electron chi connectivity index (χ3n) is 2.95. The summed E-state index contributed by atoms with van der Waals surface area (Å²) in [7, 11) is 0.153. The highest BCUT2D eigenvalue weighted by Crippen LogP contribution is 2.23. The van der Waals surface area contributed by atoms with Crippen molar-refractivity contribution in [3.05, 3.63) is 53.1 Å². The van der Waals surface area contributed by atoms with Crippen LogP contribution in [0.5, 0.6) is 5.75 Å². The van der Waals surface area contributed by atoms with E-state index in [1.54, 1.807) is 13.2 Å². The third-order valence-corrected chi connectivity index (χ3v) is 4.06. The molecule has 0 aromatic heterocycles. The zero-order valence-electron chi connectivity index (χ0n) is 14.2. The lowest BCUT2D eigenvalue weighted by molar-refractivity contribution is 0.415. The van der Waals surface area contributed by atoms with Gasteiger partial charge in [-0.3, -0.25) is 0 Å². The minimum Gasteiger partial charge on any atom is -0.497 e. The fraction of sp³-hybridized carbons (Fsp3) is 0.211. The summed E-state index contributed by atoms with van der Waals surface area (Å²) in [5, 5.41) is 0.640. The summed E-state index contributed by atoms with van der Waals surface area (Å²) in [5.41, 5.74) is 5.58. The van der Waals surface area contributed by atoms with Gasteiger partial charge < -0.3 is 4.74 Å². The molecule has 2 aromatic carbocycles. The van der Waals surface area contributed by atoms with Crippen LogP contribution in [0.15, 0.2) is 52.4 Å². The summed E-state index contributed by atoms with van der Waals surface area (Å²) in [6, 6.07) is 15.5. The number of nitrogens with zero attached hydrogens (tertiary/aromatic N) is 2. The molecule has 0 bridgehead atoms. The van der Waals surface area contributed by atoms with E-state index >= 15 is 0 Å². The van der Waals surface area contributed by atoms with Crippen LogP contribution in [0.3, 0.4) is 0 Å². The fourth-order valence-electron chi connectivity index (χ4n) is 1.75. The minimum atomic E-state index is -1.47. The number of methoxy groups -OCH3 is 1. The van der Waals surface area contributed by atoms with Crippen LogP contribution in [0.2, 0.25) is 24.7 Å². The number of halogens is 1. The van der Waals surface area contributed by atoms with E-state index < -0.39 is 8.07 Å². The number of benzene rings is 2. The Hall–Kier alpha value is -2.31. The monoisotopic (exact) mass is 354 g/mol. The van der Waals surface area contributed by atoms with Crippen LogP contribution in [0, 0.1) is 11.5 Å². The van der Waals surface area contributed by atoms with Gasteiger partial charge in [0.1, 0.15) is 19.8 Å². The Morgan fingerprint density at radius 3 is 2.33 bits per heavy atom. The van der Waals surface area contributed by atoms with Crippen LogP contribution in [0.4, 0.5) is 11.4 Å². The predicted molar refractivity (Wildman–Crippen MR) is 104 cm³/mol. The van der Waals surface area contributed by atoms with Crippen molar-refractivity contribution in [2.24, 2.45) is 9.98 Å². The summed E-state index contributed by atoms with van der Waals surface area (Å²) in [6.07, 6.45) is 0. The van der Waals surface area contributed by atoms with Crippen molar-refractivity contribution >= 4 is 37.1 Å². The van der Waals surface area contributed by atoms with Crippen molar-refractivity contribution < 1.29 is 4.74 Å². The van der Waals surface area contributed by atoms with Gasteiger partial charge in [0.25, 0.3) is 0 Å². The largest absolute Gasteiger partial charge is 0.497 e. The molecule has 0 aliphatic heterocycles. The molecule has 0 radical (unpaired) electrons. The summed E-state index contributed by atoms with van der Waals surface area (Å²) in [4.78, 5) is 8.50. The van der Waals surface area contributed by atoms with Gasteiger partial charge in [0.2, 0.25) is 0 Å². The Morgan fingerprint density at radius 1 is 1.00 bits per heavy atom. The highest BCUT2D eigenvalue weighted by molar-refractivity contribution is 6.83. The van der Waals surface area contributed by atoms with Crippen molar-refractivity contribution in [1.29, 1.82) is 0 Å². The van der Waals surface area contributed by atoms with Crippen LogP contribution < -0.4 is 4.74 Å². The molecule has 0 heterocycles. The Kier molecular flexibility index (Phi) is 6.00. The first kappa shape index (κ1) is 18.0. The molecule has 0 aliphatic rings. The summed E-state index contributed by atoms with van der Waals surface area (Å²) in [6.45, 7) is 6.58. The molecule has 24 heavy (non-hydrogen) atoms. The SMILES string of the molecule is COc1ccc(N=C=Nc2ccc(Cl)cc2C#C[Si](C)(C)C)cc1. The van der Waals surface area contributed by atoms with Crippen molar-refractivity contribution in [3.63, 3.8) is 0 Å². The molecule has 3 nitrogen and oxygen atoms in total. The highest BCUT2D eigenvalue weighted by Gasteiger charge is 2.08. The lowest BCUT2D eigenvalue weighted by Gasteiger charge is -2.04. The lowest BCUT2D eigenvalue weighted by atomic mass is 10.2. The summed E-state index contributed by atoms with van der Waals surface area (Å²) >= 11 is 6.07. The van der Waals surface area contributed by atoms with Crippen molar-refractivity contribution in [2.75, 3.05) is 7.11 Å². The van der Waals surface area contributed by atoms with Gasteiger partial charge in [-0.2, -0.15) is 9.98 Å². The first-order valence-electron chi connectivity index (χ1n) is 7.51. The molecule has 2 rings (SSSR count). The molecule has 0 unspecified atom stereocenters.